The molecule has 3 nitrogen and oxygen atoms in total. The van der Waals surface area contributed by atoms with Crippen LogP contribution < -0.4 is 5.73 Å². The van der Waals surface area contributed by atoms with Crippen molar-refractivity contribution in [2.45, 2.75) is 20.0 Å². The molecule has 2 N–H and O–H groups in total. The number of rotatable bonds is 3. The van der Waals surface area contributed by atoms with E-state index in [-0.39, 0.29) is 11.9 Å². The molecule has 0 amide bonds. The van der Waals surface area contributed by atoms with E-state index in [9.17, 15) is 4.39 Å². The third-order valence-corrected chi connectivity index (χ3v) is 3.15. The minimum Gasteiger partial charge on any atom is -0.399 e. The standard InChI is InChI=1S/C14H21FN2O/c1-10(2)8-17-5-6-18-14(9-17)12-4-3-11(16)7-13(12)15/h3-4,7,10,14H,5-6,8-9,16H2,1-2H3/t14-/m1/s1. The van der Waals surface area contributed by atoms with E-state index >= 15 is 0 Å². The lowest BCUT2D eigenvalue weighted by Crippen LogP contribution is -2.40. The second-order valence-corrected chi connectivity index (χ2v) is 5.29. The first-order chi connectivity index (χ1) is 8.56. The Balaban J connectivity index is 2.08. The number of hydrogen-bond acceptors (Lipinski definition) is 3. The van der Waals surface area contributed by atoms with Gasteiger partial charge in [0.1, 0.15) is 5.82 Å². The lowest BCUT2D eigenvalue weighted by Gasteiger charge is -2.34. The molecule has 0 saturated carbocycles. The first kappa shape index (κ1) is 13.3. The third kappa shape index (κ3) is 3.21. The van der Waals surface area contributed by atoms with Crippen molar-refractivity contribution in [3.8, 4) is 0 Å². The van der Waals surface area contributed by atoms with Gasteiger partial charge in [-0.05, 0) is 18.1 Å². The molecule has 0 unspecified atom stereocenters. The van der Waals surface area contributed by atoms with Crippen molar-refractivity contribution < 1.29 is 9.13 Å². The highest BCUT2D eigenvalue weighted by atomic mass is 19.1. The SMILES string of the molecule is CC(C)CN1CCO[C@@H](c2ccc(N)cc2F)C1. The molecule has 0 radical (unpaired) electrons. The minimum atomic E-state index is -0.272. The van der Waals surface area contributed by atoms with Gasteiger partial charge in [0.15, 0.2) is 0 Å². The molecule has 0 bridgehead atoms. The van der Waals surface area contributed by atoms with Crippen molar-refractivity contribution in [1.82, 2.24) is 4.90 Å². The number of morpholine rings is 1. The Morgan fingerprint density at radius 2 is 2.28 bits per heavy atom. The van der Waals surface area contributed by atoms with Crippen molar-refractivity contribution in [2.24, 2.45) is 5.92 Å². The van der Waals surface area contributed by atoms with Crippen LogP contribution in [0.15, 0.2) is 18.2 Å². The lowest BCUT2D eigenvalue weighted by molar-refractivity contribution is -0.0347. The number of ether oxygens (including phenoxy) is 1. The van der Waals surface area contributed by atoms with Crippen molar-refractivity contribution in [2.75, 3.05) is 32.0 Å². The Bertz CT molecular complexity index is 409. The number of anilines is 1. The smallest absolute Gasteiger partial charge is 0.131 e. The van der Waals surface area contributed by atoms with Crippen molar-refractivity contribution in [3.05, 3.63) is 29.6 Å². The number of halogens is 1. The Labute approximate surface area is 108 Å². The molecule has 1 heterocycles. The number of hydrogen-bond donors (Lipinski definition) is 1. The molecule has 1 fully saturated rings. The highest BCUT2D eigenvalue weighted by molar-refractivity contribution is 5.41. The quantitative estimate of drug-likeness (QED) is 0.840. The van der Waals surface area contributed by atoms with Gasteiger partial charge in [0, 0.05) is 30.9 Å². The second-order valence-electron chi connectivity index (χ2n) is 5.29. The fraction of sp³-hybridized carbons (Fsp3) is 0.571. The van der Waals surface area contributed by atoms with Crippen LogP contribution in [0.4, 0.5) is 10.1 Å². The van der Waals surface area contributed by atoms with Crippen LogP contribution in [0.25, 0.3) is 0 Å². The zero-order valence-corrected chi connectivity index (χ0v) is 11.0. The maximum Gasteiger partial charge on any atom is 0.131 e. The van der Waals surface area contributed by atoms with Crippen LogP contribution in [-0.2, 0) is 4.74 Å². The van der Waals surface area contributed by atoms with Gasteiger partial charge in [-0.3, -0.25) is 4.90 Å². The van der Waals surface area contributed by atoms with Gasteiger partial charge in [-0.15, -0.1) is 0 Å². The second kappa shape index (κ2) is 5.67. The fourth-order valence-corrected chi connectivity index (χ4v) is 2.38. The van der Waals surface area contributed by atoms with Crippen molar-refractivity contribution >= 4 is 5.69 Å². The summed E-state index contributed by atoms with van der Waals surface area (Å²) < 4.78 is 19.5. The van der Waals surface area contributed by atoms with Gasteiger partial charge in [-0.2, -0.15) is 0 Å². The van der Waals surface area contributed by atoms with Crippen molar-refractivity contribution in [3.63, 3.8) is 0 Å². The Kier molecular flexibility index (Phi) is 4.19. The number of nitrogens with zero attached hydrogens (tertiary/aromatic N) is 1. The summed E-state index contributed by atoms with van der Waals surface area (Å²) in [6, 6.07) is 4.82. The number of nitrogen functional groups attached to an aromatic ring is 1. The van der Waals surface area contributed by atoms with E-state index in [1.165, 1.54) is 6.07 Å². The molecule has 1 aromatic carbocycles. The molecule has 1 aliphatic heterocycles. The molecule has 1 atom stereocenters. The van der Waals surface area contributed by atoms with Crippen LogP contribution in [0.3, 0.4) is 0 Å². The number of benzene rings is 1. The maximum atomic E-state index is 13.8. The summed E-state index contributed by atoms with van der Waals surface area (Å²) in [5, 5.41) is 0. The third-order valence-electron chi connectivity index (χ3n) is 3.15. The largest absolute Gasteiger partial charge is 0.399 e. The first-order valence-corrected chi connectivity index (χ1v) is 6.45. The van der Waals surface area contributed by atoms with Crippen molar-refractivity contribution in [1.29, 1.82) is 0 Å². The van der Waals surface area contributed by atoms with E-state index in [1.54, 1.807) is 12.1 Å². The average molecular weight is 252 g/mol. The maximum absolute atomic E-state index is 13.8. The summed E-state index contributed by atoms with van der Waals surface area (Å²) in [6.07, 6.45) is -0.182. The van der Waals surface area contributed by atoms with Gasteiger partial charge in [-0.25, -0.2) is 4.39 Å². The van der Waals surface area contributed by atoms with E-state index in [2.05, 4.69) is 18.7 Å². The molecular formula is C14H21FN2O. The number of nitrogens with two attached hydrogens (primary N) is 1. The van der Waals surface area contributed by atoms with E-state index in [0.717, 1.165) is 19.6 Å². The summed E-state index contributed by atoms with van der Waals surface area (Å²) in [5.41, 5.74) is 6.62. The van der Waals surface area contributed by atoms with Gasteiger partial charge < -0.3 is 10.5 Å². The summed E-state index contributed by atoms with van der Waals surface area (Å²) in [4.78, 5) is 2.33. The lowest BCUT2D eigenvalue weighted by atomic mass is 10.1. The fourth-order valence-electron chi connectivity index (χ4n) is 2.38. The van der Waals surface area contributed by atoms with Crippen LogP contribution in [-0.4, -0.2) is 31.1 Å². The Morgan fingerprint density at radius 3 is 2.94 bits per heavy atom. The highest BCUT2D eigenvalue weighted by Gasteiger charge is 2.24. The minimum absolute atomic E-state index is 0.182. The zero-order valence-electron chi connectivity index (χ0n) is 11.0. The molecule has 18 heavy (non-hydrogen) atoms. The Morgan fingerprint density at radius 1 is 1.50 bits per heavy atom. The van der Waals surface area contributed by atoms with Gasteiger partial charge in [0.05, 0.1) is 12.7 Å². The van der Waals surface area contributed by atoms with Gasteiger partial charge in [-0.1, -0.05) is 19.9 Å². The van der Waals surface area contributed by atoms with Crippen LogP contribution in [0, 0.1) is 11.7 Å². The van der Waals surface area contributed by atoms with Crippen LogP contribution in [0.5, 0.6) is 0 Å². The van der Waals surface area contributed by atoms with Gasteiger partial charge in [0.25, 0.3) is 0 Å². The molecule has 1 saturated heterocycles. The molecule has 100 valence electrons. The molecule has 0 aliphatic carbocycles. The Hall–Kier alpha value is -1.13. The van der Waals surface area contributed by atoms with Gasteiger partial charge in [0.2, 0.25) is 0 Å². The summed E-state index contributed by atoms with van der Waals surface area (Å²) in [6.45, 7) is 7.73. The van der Waals surface area contributed by atoms with Crippen LogP contribution in [0.2, 0.25) is 0 Å². The summed E-state index contributed by atoms with van der Waals surface area (Å²) in [5.74, 6) is 0.339. The molecule has 2 rings (SSSR count). The van der Waals surface area contributed by atoms with E-state index < -0.39 is 0 Å². The molecule has 0 aromatic heterocycles. The monoisotopic (exact) mass is 252 g/mol. The average Bonchev–Trinajstić information content (AvgIpc) is 2.28. The topological polar surface area (TPSA) is 38.5 Å². The molecule has 0 spiro atoms. The van der Waals surface area contributed by atoms with Crippen LogP contribution in [0.1, 0.15) is 25.5 Å². The predicted molar refractivity (Wildman–Crippen MR) is 70.8 cm³/mol. The zero-order chi connectivity index (χ0) is 13.1. The molecular weight excluding hydrogens is 231 g/mol. The van der Waals surface area contributed by atoms with E-state index in [1.807, 2.05) is 0 Å². The first-order valence-electron chi connectivity index (χ1n) is 6.45. The van der Waals surface area contributed by atoms with Gasteiger partial charge >= 0.3 is 0 Å². The molecule has 4 heteroatoms. The normalized spacial score (nSPS) is 21.4. The van der Waals surface area contributed by atoms with Crippen LogP contribution >= 0.6 is 0 Å². The van der Waals surface area contributed by atoms with E-state index in [0.29, 0.717) is 23.8 Å². The molecule has 1 aliphatic rings. The highest BCUT2D eigenvalue weighted by Crippen LogP contribution is 2.26. The predicted octanol–water partition coefficient (Wildman–Crippen LogP) is 2.44. The molecule has 1 aromatic rings. The van der Waals surface area contributed by atoms with E-state index in [4.69, 9.17) is 10.5 Å². The summed E-state index contributed by atoms with van der Waals surface area (Å²) >= 11 is 0. The summed E-state index contributed by atoms with van der Waals surface area (Å²) in [7, 11) is 0.